The number of benzene rings is 1. The van der Waals surface area contributed by atoms with Gasteiger partial charge in [-0.3, -0.25) is 9.55 Å². The Labute approximate surface area is 157 Å². The van der Waals surface area contributed by atoms with Gasteiger partial charge in [0.1, 0.15) is 0 Å². The predicted octanol–water partition coefficient (Wildman–Crippen LogP) is 4.30. The number of nitrogens with zero attached hydrogens (tertiary/aromatic N) is 4. The van der Waals surface area contributed by atoms with E-state index in [4.69, 9.17) is 4.74 Å². The molecule has 3 heterocycles. The highest BCUT2D eigenvalue weighted by Gasteiger charge is 2.20. The van der Waals surface area contributed by atoms with Gasteiger partial charge in [0, 0.05) is 30.3 Å². The summed E-state index contributed by atoms with van der Waals surface area (Å²) in [6.45, 7) is 2.98. The molecule has 0 amide bonds. The van der Waals surface area contributed by atoms with Gasteiger partial charge in [0.25, 0.3) is 0 Å². The van der Waals surface area contributed by atoms with Crippen molar-refractivity contribution in [3.8, 4) is 17.1 Å². The van der Waals surface area contributed by atoms with Gasteiger partial charge in [-0.05, 0) is 49.9 Å². The van der Waals surface area contributed by atoms with Crippen molar-refractivity contribution in [3.05, 3.63) is 54.4 Å². The maximum atomic E-state index is 5.87. The van der Waals surface area contributed by atoms with Crippen LogP contribution in [0.1, 0.15) is 24.8 Å². The van der Waals surface area contributed by atoms with E-state index < -0.39 is 0 Å². The zero-order valence-electron chi connectivity index (χ0n) is 14.8. The highest BCUT2D eigenvalue weighted by Crippen LogP contribution is 2.30. The van der Waals surface area contributed by atoms with Crippen LogP contribution >= 0.6 is 11.8 Å². The lowest BCUT2D eigenvalue weighted by molar-refractivity contribution is 0.0315. The summed E-state index contributed by atoms with van der Waals surface area (Å²) in [5.41, 5.74) is 3.25. The molecule has 1 saturated heterocycles. The molecule has 0 unspecified atom stereocenters. The molecular formula is C20H22N4OS. The minimum Gasteiger partial charge on any atom is -0.377 e. The molecule has 0 aliphatic carbocycles. The van der Waals surface area contributed by atoms with Crippen molar-refractivity contribution in [3.63, 3.8) is 0 Å². The number of rotatable bonds is 5. The second-order valence-electron chi connectivity index (χ2n) is 6.47. The first kappa shape index (κ1) is 17.2. The first-order valence-electron chi connectivity index (χ1n) is 8.99. The normalized spacial score (nSPS) is 17.3. The third kappa shape index (κ3) is 3.66. The van der Waals surface area contributed by atoms with E-state index in [1.807, 2.05) is 24.4 Å². The van der Waals surface area contributed by atoms with Crippen LogP contribution in [0.25, 0.3) is 17.1 Å². The molecule has 0 saturated carbocycles. The molecule has 5 nitrogen and oxygen atoms in total. The Balaban J connectivity index is 1.70. The molecule has 0 radical (unpaired) electrons. The summed E-state index contributed by atoms with van der Waals surface area (Å²) in [4.78, 5) is 4.24. The lowest BCUT2D eigenvalue weighted by Gasteiger charge is -2.22. The lowest BCUT2D eigenvalue weighted by atomic mass is 10.1. The zero-order valence-corrected chi connectivity index (χ0v) is 15.7. The number of pyridine rings is 1. The number of para-hydroxylation sites is 1. The molecular weight excluding hydrogens is 344 g/mol. The van der Waals surface area contributed by atoms with Crippen molar-refractivity contribution >= 4 is 11.8 Å². The van der Waals surface area contributed by atoms with Gasteiger partial charge in [-0.1, -0.05) is 30.0 Å². The van der Waals surface area contributed by atoms with Crippen LogP contribution in [0.3, 0.4) is 0 Å². The van der Waals surface area contributed by atoms with Crippen LogP contribution in [0.4, 0.5) is 0 Å². The van der Waals surface area contributed by atoms with E-state index in [1.54, 1.807) is 18.0 Å². The van der Waals surface area contributed by atoms with Gasteiger partial charge in [-0.25, -0.2) is 0 Å². The maximum Gasteiger partial charge on any atom is 0.196 e. The summed E-state index contributed by atoms with van der Waals surface area (Å²) in [7, 11) is 0. The van der Waals surface area contributed by atoms with Gasteiger partial charge >= 0.3 is 0 Å². The zero-order chi connectivity index (χ0) is 17.8. The standard InChI is InChI=1S/C20H22N4OS/c1-15-7-2-3-10-18(15)24-19(16-8-6-11-21-13-16)22-23-20(24)26-14-17-9-4-5-12-25-17/h2-3,6-8,10-11,13,17H,4-5,9,12,14H2,1H3/t17-/m0/s1. The van der Waals surface area contributed by atoms with Crippen molar-refractivity contribution in [2.45, 2.75) is 37.4 Å². The molecule has 1 aliphatic rings. The summed E-state index contributed by atoms with van der Waals surface area (Å²) in [5, 5.41) is 9.86. The first-order chi connectivity index (χ1) is 12.8. The molecule has 0 N–H and O–H groups in total. The molecule has 0 spiro atoms. The Hall–Kier alpha value is -2.18. The number of thioether (sulfide) groups is 1. The largest absolute Gasteiger partial charge is 0.377 e. The van der Waals surface area contributed by atoms with E-state index in [0.717, 1.165) is 41.0 Å². The van der Waals surface area contributed by atoms with Crippen LogP contribution in [0.5, 0.6) is 0 Å². The molecule has 3 aromatic rings. The SMILES string of the molecule is Cc1ccccc1-n1c(SC[C@@H]2CCCCO2)nnc1-c1cccnc1. The van der Waals surface area contributed by atoms with E-state index >= 15 is 0 Å². The summed E-state index contributed by atoms with van der Waals surface area (Å²) in [6.07, 6.45) is 7.45. The highest BCUT2D eigenvalue weighted by molar-refractivity contribution is 7.99. The van der Waals surface area contributed by atoms with Gasteiger partial charge in [0.2, 0.25) is 0 Å². The van der Waals surface area contributed by atoms with Crippen molar-refractivity contribution < 1.29 is 4.74 Å². The van der Waals surface area contributed by atoms with Gasteiger partial charge in [0.15, 0.2) is 11.0 Å². The quantitative estimate of drug-likeness (QED) is 0.630. The van der Waals surface area contributed by atoms with Crippen LogP contribution in [0.15, 0.2) is 53.9 Å². The fourth-order valence-corrected chi connectivity index (χ4v) is 4.19. The molecule has 1 atom stereocenters. The van der Waals surface area contributed by atoms with E-state index in [-0.39, 0.29) is 0 Å². The Bertz CT molecular complexity index is 859. The van der Waals surface area contributed by atoms with E-state index in [9.17, 15) is 0 Å². The summed E-state index contributed by atoms with van der Waals surface area (Å²) >= 11 is 1.72. The second-order valence-corrected chi connectivity index (χ2v) is 7.46. The van der Waals surface area contributed by atoms with Crippen molar-refractivity contribution in [2.24, 2.45) is 0 Å². The predicted molar refractivity (Wildman–Crippen MR) is 104 cm³/mol. The molecule has 1 fully saturated rings. The fraction of sp³-hybridized carbons (Fsp3) is 0.350. The average molecular weight is 366 g/mol. The van der Waals surface area contributed by atoms with Crippen LogP contribution in [0.2, 0.25) is 0 Å². The van der Waals surface area contributed by atoms with Crippen LogP contribution in [-0.4, -0.2) is 38.2 Å². The minimum atomic E-state index is 0.303. The average Bonchev–Trinajstić information content (AvgIpc) is 3.12. The van der Waals surface area contributed by atoms with Crippen LogP contribution in [0, 0.1) is 6.92 Å². The molecule has 134 valence electrons. The molecule has 4 rings (SSSR count). The monoisotopic (exact) mass is 366 g/mol. The number of ether oxygens (including phenoxy) is 1. The molecule has 0 bridgehead atoms. The molecule has 1 aliphatic heterocycles. The topological polar surface area (TPSA) is 52.8 Å². The Kier molecular flexibility index (Phi) is 5.32. The molecule has 2 aromatic heterocycles. The van der Waals surface area contributed by atoms with Crippen LogP contribution < -0.4 is 0 Å². The number of hydrogen-bond acceptors (Lipinski definition) is 5. The summed E-state index contributed by atoms with van der Waals surface area (Å²) in [5.74, 6) is 1.72. The second kappa shape index (κ2) is 8.01. The van der Waals surface area contributed by atoms with Crippen molar-refractivity contribution in [2.75, 3.05) is 12.4 Å². The molecule has 26 heavy (non-hydrogen) atoms. The van der Waals surface area contributed by atoms with Gasteiger partial charge < -0.3 is 4.74 Å². The number of aromatic nitrogens is 4. The third-order valence-corrected chi connectivity index (χ3v) is 5.64. The maximum absolute atomic E-state index is 5.87. The Morgan fingerprint density at radius 2 is 2.08 bits per heavy atom. The molecule has 1 aromatic carbocycles. The van der Waals surface area contributed by atoms with Crippen LogP contribution in [-0.2, 0) is 4.74 Å². The molecule has 6 heteroatoms. The van der Waals surface area contributed by atoms with Gasteiger partial charge in [0.05, 0.1) is 11.8 Å². The fourth-order valence-electron chi connectivity index (χ4n) is 3.18. The third-order valence-electron chi connectivity index (χ3n) is 4.58. The van der Waals surface area contributed by atoms with E-state index in [0.29, 0.717) is 6.10 Å². The van der Waals surface area contributed by atoms with E-state index in [1.165, 1.54) is 18.4 Å². The van der Waals surface area contributed by atoms with Crippen molar-refractivity contribution in [1.82, 2.24) is 19.7 Å². The summed E-state index contributed by atoms with van der Waals surface area (Å²) in [6, 6.07) is 12.3. The first-order valence-corrected chi connectivity index (χ1v) is 9.98. The minimum absolute atomic E-state index is 0.303. The van der Waals surface area contributed by atoms with Gasteiger partial charge in [-0.15, -0.1) is 10.2 Å². The van der Waals surface area contributed by atoms with Crippen molar-refractivity contribution in [1.29, 1.82) is 0 Å². The Morgan fingerprint density at radius 1 is 1.15 bits per heavy atom. The number of hydrogen-bond donors (Lipinski definition) is 0. The van der Waals surface area contributed by atoms with E-state index in [2.05, 4.69) is 44.9 Å². The highest BCUT2D eigenvalue weighted by atomic mass is 32.2. The lowest BCUT2D eigenvalue weighted by Crippen LogP contribution is -2.21. The summed E-state index contributed by atoms with van der Waals surface area (Å²) < 4.78 is 8.01. The Morgan fingerprint density at radius 3 is 2.85 bits per heavy atom. The number of aryl methyl sites for hydroxylation is 1. The smallest absolute Gasteiger partial charge is 0.196 e. The van der Waals surface area contributed by atoms with Gasteiger partial charge in [-0.2, -0.15) is 0 Å².